The summed E-state index contributed by atoms with van der Waals surface area (Å²) in [6.07, 6.45) is 2.01. The van der Waals surface area contributed by atoms with Gasteiger partial charge in [-0.2, -0.15) is 5.10 Å². The van der Waals surface area contributed by atoms with Gasteiger partial charge >= 0.3 is 0 Å². The second-order valence-corrected chi connectivity index (χ2v) is 4.53. The van der Waals surface area contributed by atoms with E-state index in [0.29, 0.717) is 11.6 Å². The van der Waals surface area contributed by atoms with Gasteiger partial charge in [0.2, 0.25) is 5.88 Å². The molecular formula is C12H15N3OS. The quantitative estimate of drug-likeness (QED) is 0.850. The summed E-state index contributed by atoms with van der Waals surface area (Å²) in [6.45, 7) is 1.86. The van der Waals surface area contributed by atoms with Gasteiger partial charge in [-0.1, -0.05) is 12.1 Å². The summed E-state index contributed by atoms with van der Waals surface area (Å²) >= 11 is 1.64. The molecule has 4 nitrogen and oxygen atoms in total. The molecule has 2 aromatic rings. The van der Waals surface area contributed by atoms with Crippen LogP contribution >= 0.6 is 11.8 Å². The highest BCUT2D eigenvalue weighted by Gasteiger charge is 2.13. The highest BCUT2D eigenvalue weighted by atomic mass is 32.2. The Hall–Kier alpha value is -1.62. The van der Waals surface area contributed by atoms with E-state index < -0.39 is 0 Å². The van der Waals surface area contributed by atoms with Gasteiger partial charge in [0.1, 0.15) is 11.4 Å². The van der Waals surface area contributed by atoms with Crippen molar-refractivity contribution < 1.29 is 4.74 Å². The lowest BCUT2D eigenvalue weighted by atomic mass is 10.3. The van der Waals surface area contributed by atoms with Crippen molar-refractivity contribution in [1.82, 2.24) is 9.78 Å². The van der Waals surface area contributed by atoms with Gasteiger partial charge in [-0.25, -0.2) is 4.68 Å². The fourth-order valence-electron chi connectivity index (χ4n) is 1.58. The van der Waals surface area contributed by atoms with Crippen molar-refractivity contribution in [3.05, 3.63) is 30.0 Å². The first-order valence-electron chi connectivity index (χ1n) is 5.23. The van der Waals surface area contributed by atoms with E-state index in [4.69, 9.17) is 10.5 Å². The van der Waals surface area contributed by atoms with Crippen molar-refractivity contribution in [1.29, 1.82) is 0 Å². The minimum atomic E-state index is 0.586. The predicted octanol–water partition coefficient (Wildman–Crippen LogP) is 2.82. The number of aromatic nitrogens is 2. The maximum Gasteiger partial charge on any atom is 0.241 e. The predicted molar refractivity (Wildman–Crippen MR) is 70.7 cm³/mol. The molecule has 2 rings (SSSR count). The van der Waals surface area contributed by atoms with Crippen molar-refractivity contribution in [3.8, 4) is 11.6 Å². The van der Waals surface area contributed by atoms with Gasteiger partial charge < -0.3 is 10.5 Å². The number of nitrogens with two attached hydrogens (primary N) is 1. The number of rotatable bonds is 3. The SMILES string of the molecule is CSc1ccccc1Oc1c(N)c(C)nn1C. The Morgan fingerprint density at radius 3 is 2.65 bits per heavy atom. The molecule has 0 radical (unpaired) electrons. The molecule has 0 amide bonds. The molecular weight excluding hydrogens is 234 g/mol. The number of hydrogen-bond acceptors (Lipinski definition) is 4. The Morgan fingerprint density at radius 1 is 1.35 bits per heavy atom. The summed E-state index contributed by atoms with van der Waals surface area (Å²) in [6, 6.07) is 7.86. The van der Waals surface area contributed by atoms with E-state index in [2.05, 4.69) is 5.10 Å². The van der Waals surface area contributed by atoms with Crippen LogP contribution in [0.3, 0.4) is 0 Å². The highest BCUT2D eigenvalue weighted by Crippen LogP contribution is 2.34. The van der Waals surface area contributed by atoms with Crippen molar-refractivity contribution in [2.24, 2.45) is 7.05 Å². The topological polar surface area (TPSA) is 53.1 Å². The van der Waals surface area contributed by atoms with Crippen molar-refractivity contribution in [2.45, 2.75) is 11.8 Å². The molecule has 90 valence electrons. The third-order valence-corrected chi connectivity index (χ3v) is 3.27. The van der Waals surface area contributed by atoms with Gasteiger partial charge in [-0.15, -0.1) is 11.8 Å². The lowest BCUT2D eigenvalue weighted by molar-refractivity contribution is 0.424. The maximum atomic E-state index is 5.93. The van der Waals surface area contributed by atoms with Gasteiger partial charge in [0.05, 0.1) is 5.69 Å². The van der Waals surface area contributed by atoms with Crippen LogP contribution < -0.4 is 10.5 Å². The first-order valence-corrected chi connectivity index (χ1v) is 6.46. The summed E-state index contributed by atoms with van der Waals surface area (Å²) in [5, 5.41) is 4.22. The number of aryl methyl sites for hydroxylation is 2. The molecule has 0 aliphatic carbocycles. The summed E-state index contributed by atoms with van der Waals surface area (Å²) in [5.74, 6) is 1.39. The van der Waals surface area contributed by atoms with Gasteiger partial charge in [-0.05, 0) is 25.3 Å². The number of nitrogen functional groups attached to an aromatic ring is 1. The smallest absolute Gasteiger partial charge is 0.241 e. The van der Waals surface area contributed by atoms with Crippen LogP contribution in [-0.4, -0.2) is 16.0 Å². The molecule has 0 bridgehead atoms. The van der Waals surface area contributed by atoms with Crippen molar-refractivity contribution >= 4 is 17.4 Å². The van der Waals surface area contributed by atoms with Crippen LogP contribution in [0.2, 0.25) is 0 Å². The lowest BCUT2D eigenvalue weighted by Gasteiger charge is -2.09. The van der Waals surface area contributed by atoms with Crippen LogP contribution in [-0.2, 0) is 7.05 Å². The van der Waals surface area contributed by atoms with E-state index >= 15 is 0 Å². The summed E-state index contributed by atoms with van der Waals surface area (Å²) in [7, 11) is 1.82. The largest absolute Gasteiger partial charge is 0.436 e. The molecule has 17 heavy (non-hydrogen) atoms. The van der Waals surface area contributed by atoms with Gasteiger partial charge in [0.15, 0.2) is 0 Å². The molecule has 1 aromatic carbocycles. The minimum Gasteiger partial charge on any atom is -0.436 e. The second kappa shape index (κ2) is 4.71. The zero-order valence-corrected chi connectivity index (χ0v) is 10.9. The summed E-state index contributed by atoms with van der Waals surface area (Å²) in [5.41, 5.74) is 7.30. The molecule has 0 aliphatic rings. The minimum absolute atomic E-state index is 0.586. The van der Waals surface area contributed by atoms with E-state index in [0.717, 1.165) is 16.3 Å². The van der Waals surface area contributed by atoms with Crippen LogP contribution in [0.15, 0.2) is 29.2 Å². The average Bonchev–Trinajstić information content (AvgIpc) is 2.57. The first-order chi connectivity index (χ1) is 8.13. The van der Waals surface area contributed by atoms with Crippen LogP contribution in [0.1, 0.15) is 5.69 Å². The zero-order chi connectivity index (χ0) is 12.4. The average molecular weight is 249 g/mol. The number of benzene rings is 1. The fourth-order valence-corrected chi connectivity index (χ4v) is 2.11. The molecule has 2 N–H and O–H groups in total. The van der Waals surface area contributed by atoms with Gasteiger partial charge in [0.25, 0.3) is 0 Å². The van der Waals surface area contributed by atoms with Crippen molar-refractivity contribution in [3.63, 3.8) is 0 Å². The lowest BCUT2D eigenvalue weighted by Crippen LogP contribution is -1.97. The first kappa shape index (κ1) is 11.9. The van der Waals surface area contributed by atoms with E-state index in [1.54, 1.807) is 16.4 Å². The third kappa shape index (κ3) is 2.24. The van der Waals surface area contributed by atoms with Crippen molar-refractivity contribution in [2.75, 3.05) is 12.0 Å². The van der Waals surface area contributed by atoms with E-state index in [9.17, 15) is 0 Å². The number of para-hydroxylation sites is 1. The Labute approximate surface area is 105 Å². The summed E-state index contributed by atoms with van der Waals surface area (Å²) < 4.78 is 7.49. The Morgan fingerprint density at radius 2 is 2.06 bits per heavy atom. The zero-order valence-electron chi connectivity index (χ0n) is 10.1. The summed E-state index contributed by atoms with van der Waals surface area (Å²) in [4.78, 5) is 1.07. The van der Waals surface area contributed by atoms with Gasteiger partial charge in [0, 0.05) is 11.9 Å². The highest BCUT2D eigenvalue weighted by molar-refractivity contribution is 7.98. The number of anilines is 1. The molecule has 0 spiro atoms. The monoisotopic (exact) mass is 249 g/mol. The third-order valence-electron chi connectivity index (χ3n) is 2.49. The second-order valence-electron chi connectivity index (χ2n) is 3.68. The van der Waals surface area contributed by atoms with E-state index in [-0.39, 0.29) is 0 Å². The number of nitrogens with zero attached hydrogens (tertiary/aromatic N) is 2. The molecule has 0 aliphatic heterocycles. The number of ether oxygens (including phenoxy) is 1. The molecule has 0 saturated carbocycles. The number of hydrogen-bond donors (Lipinski definition) is 1. The molecule has 0 atom stereocenters. The molecule has 0 unspecified atom stereocenters. The molecule has 1 heterocycles. The fraction of sp³-hybridized carbons (Fsp3) is 0.250. The Kier molecular flexibility index (Phi) is 3.28. The maximum absolute atomic E-state index is 5.93. The Bertz CT molecular complexity index is 537. The van der Waals surface area contributed by atoms with E-state index in [1.807, 2.05) is 44.5 Å². The normalized spacial score (nSPS) is 10.5. The van der Waals surface area contributed by atoms with Crippen LogP contribution in [0.25, 0.3) is 0 Å². The van der Waals surface area contributed by atoms with Gasteiger partial charge in [-0.3, -0.25) is 0 Å². The molecule has 5 heteroatoms. The van der Waals surface area contributed by atoms with Crippen LogP contribution in [0, 0.1) is 6.92 Å². The molecule has 0 fully saturated rings. The Balaban J connectivity index is 2.38. The van der Waals surface area contributed by atoms with Crippen LogP contribution in [0.4, 0.5) is 5.69 Å². The van der Waals surface area contributed by atoms with Crippen LogP contribution in [0.5, 0.6) is 11.6 Å². The number of thioether (sulfide) groups is 1. The molecule has 0 saturated heterocycles. The van der Waals surface area contributed by atoms with E-state index in [1.165, 1.54) is 0 Å². The molecule has 1 aromatic heterocycles. The standard InChI is InChI=1S/C12H15N3OS/c1-8-11(13)12(15(2)14-8)16-9-6-4-5-7-10(9)17-3/h4-7H,13H2,1-3H3.